The smallest absolute Gasteiger partial charge is 0.0553 e. The fraction of sp³-hybridized carbons (Fsp3) is 0.545. The van der Waals surface area contributed by atoms with Crippen molar-refractivity contribution in [3.8, 4) is 0 Å². The highest BCUT2D eigenvalue weighted by Crippen LogP contribution is 2.18. The van der Waals surface area contributed by atoms with Crippen molar-refractivity contribution in [2.24, 2.45) is 0 Å². The van der Waals surface area contributed by atoms with E-state index in [2.05, 4.69) is 21.3 Å². The van der Waals surface area contributed by atoms with E-state index in [1.165, 1.54) is 18.5 Å². The molecule has 3 nitrogen and oxygen atoms in total. The highest BCUT2D eigenvalue weighted by molar-refractivity contribution is 5.44. The molecule has 1 N–H and O–H groups in total. The molecule has 0 radical (unpaired) electrons. The summed E-state index contributed by atoms with van der Waals surface area (Å²) in [6.45, 7) is 2.26. The molecule has 0 aromatic carbocycles. The van der Waals surface area contributed by atoms with Gasteiger partial charge >= 0.3 is 0 Å². The average molecular weight is 191 g/mol. The Balaban J connectivity index is 2.04. The van der Waals surface area contributed by atoms with Crippen molar-refractivity contribution in [1.82, 2.24) is 10.3 Å². The number of rotatable bonds is 2. The van der Waals surface area contributed by atoms with Crippen molar-refractivity contribution in [2.45, 2.75) is 18.9 Å². The molecule has 0 amide bonds. The molecule has 76 valence electrons. The lowest BCUT2D eigenvalue weighted by Crippen LogP contribution is -2.44. The van der Waals surface area contributed by atoms with Gasteiger partial charge in [-0.25, -0.2) is 0 Å². The first-order chi connectivity index (χ1) is 6.90. The van der Waals surface area contributed by atoms with Crippen LogP contribution in [-0.2, 0) is 0 Å². The molecule has 1 atom stereocenters. The SMILES string of the molecule is CNC1CCCN(c2cccnc2)C1. The van der Waals surface area contributed by atoms with Crippen LogP contribution in [-0.4, -0.2) is 31.2 Å². The Labute approximate surface area is 85.1 Å². The lowest BCUT2D eigenvalue weighted by molar-refractivity contribution is 0.449. The van der Waals surface area contributed by atoms with E-state index in [0.29, 0.717) is 6.04 Å². The van der Waals surface area contributed by atoms with Gasteiger partial charge in [0.25, 0.3) is 0 Å². The molecule has 1 unspecified atom stereocenters. The zero-order chi connectivity index (χ0) is 9.80. The third kappa shape index (κ3) is 2.04. The molecule has 0 bridgehead atoms. The summed E-state index contributed by atoms with van der Waals surface area (Å²) < 4.78 is 0. The Morgan fingerprint density at radius 3 is 3.21 bits per heavy atom. The third-order valence-corrected chi connectivity index (χ3v) is 2.84. The zero-order valence-electron chi connectivity index (χ0n) is 8.61. The van der Waals surface area contributed by atoms with Crippen LogP contribution in [0.2, 0.25) is 0 Å². The van der Waals surface area contributed by atoms with Gasteiger partial charge in [-0.05, 0) is 32.0 Å². The predicted molar refractivity (Wildman–Crippen MR) is 58.5 cm³/mol. The van der Waals surface area contributed by atoms with E-state index in [1.807, 2.05) is 25.5 Å². The van der Waals surface area contributed by atoms with Crippen molar-refractivity contribution in [2.75, 3.05) is 25.0 Å². The number of piperidine rings is 1. The first-order valence-electron chi connectivity index (χ1n) is 5.22. The summed E-state index contributed by atoms with van der Waals surface area (Å²) in [5.41, 5.74) is 1.24. The topological polar surface area (TPSA) is 28.2 Å². The molecule has 1 aliphatic heterocycles. The van der Waals surface area contributed by atoms with Crippen LogP contribution < -0.4 is 10.2 Å². The van der Waals surface area contributed by atoms with Crippen LogP contribution in [0.25, 0.3) is 0 Å². The van der Waals surface area contributed by atoms with Gasteiger partial charge in [0.15, 0.2) is 0 Å². The number of aromatic nitrogens is 1. The minimum absolute atomic E-state index is 0.629. The molecular formula is C11H17N3. The Morgan fingerprint density at radius 2 is 2.50 bits per heavy atom. The zero-order valence-corrected chi connectivity index (χ0v) is 8.61. The summed E-state index contributed by atoms with van der Waals surface area (Å²) in [7, 11) is 2.04. The van der Waals surface area contributed by atoms with Crippen molar-refractivity contribution in [3.05, 3.63) is 24.5 Å². The third-order valence-electron chi connectivity index (χ3n) is 2.84. The highest BCUT2D eigenvalue weighted by Gasteiger charge is 2.18. The molecule has 1 saturated heterocycles. The van der Waals surface area contributed by atoms with Crippen LogP contribution in [0.15, 0.2) is 24.5 Å². The van der Waals surface area contributed by atoms with Crippen LogP contribution in [0, 0.1) is 0 Å². The van der Waals surface area contributed by atoms with Crippen LogP contribution in [0.4, 0.5) is 5.69 Å². The van der Waals surface area contributed by atoms with Crippen LogP contribution in [0.1, 0.15) is 12.8 Å². The van der Waals surface area contributed by atoms with Gasteiger partial charge in [0.05, 0.1) is 11.9 Å². The van der Waals surface area contributed by atoms with Gasteiger partial charge in [0, 0.05) is 25.3 Å². The molecule has 1 aromatic rings. The lowest BCUT2D eigenvalue weighted by atomic mass is 10.1. The van der Waals surface area contributed by atoms with Crippen molar-refractivity contribution < 1.29 is 0 Å². The van der Waals surface area contributed by atoms with Gasteiger partial charge < -0.3 is 10.2 Å². The maximum atomic E-state index is 4.15. The van der Waals surface area contributed by atoms with Gasteiger partial charge in [-0.3, -0.25) is 4.98 Å². The quantitative estimate of drug-likeness (QED) is 0.763. The minimum Gasteiger partial charge on any atom is -0.369 e. The molecule has 1 aliphatic rings. The molecule has 0 saturated carbocycles. The summed E-state index contributed by atoms with van der Waals surface area (Å²) >= 11 is 0. The Hall–Kier alpha value is -1.09. The molecule has 2 rings (SSSR count). The number of nitrogens with zero attached hydrogens (tertiary/aromatic N) is 2. The van der Waals surface area contributed by atoms with E-state index in [9.17, 15) is 0 Å². The summed E-state index contributed by atoms with van der Waals surface area (Å²) in [6.07, 6.45) is 6.31. The number of pyridine rings is 1. The van der Waals surface area contributed by atoms with Crippen LogP contribution in [0.3, 0.4) is 0 Å². The molecule has 3 heteroatoms. The van der Waals surface area contributed by atoms with Gasteiger partial charge in [-0.15, -0.1) is 0 Å². The summed E-state index contributed by atoms with van der Waals surface area (Å²) in [5.74, 6) is 0. The molecular weight excluding hydrogens is 174 g/mol. The number of hydrogen-bond donors (Lipinski definition) is 1. The molecule has 2 heterocycles. The Morgan fingerprint density at radius 1 is 1.57 bits per heavy atom. The van der Waals surface area contributed by atoms with Crippen LogP contribution in [0.5, 0.6) is 0 Å². The average Bonchev–Trinajstić information content (AvgIpc) is 2.30. The fourth-order valence-electron chi connectivity index (χ4n) is 1.99. The predicted octanol–water partition coefficient (Wildman–Crippen LogP) is 1.27. The monoisotopic (exact) mass is 191 g/mol. The first-order valence-corrected chi connectivity index (χ1v) is 5.22. The standard InChI is InChI=1S/C11H17N3/c1-12-10-4-3-7-14(9-10)11-5-2-6-13-8-11/h2,5-6,8,10,12H,3-4,7,9H2,1H3. The summed E-state index contributed by atoms with van der Waals surface area (Å²) in [5, 5.41) is 3.34. The van der Waals surface area contributed by atoms with Crippen LogP contribution >= 0.6 is 0 Å². The number of anilines is 1. The van der Waals surface area contributed by atoms with E-state index in [-0.39, 0.29) is 0 Å². The van der Waals surface area contributed by atoms with Gasteiger partial charge in [0.2, 0.25) is 0 Å². The van der Waals surface area contributed by atoms with E-state index >= 15 is 0 Å². The maximum Gasteiger partial charge on any atom is 0.0553 e. The normalized spacial score (nSPS) is 22.4. The van der Waals surface area contributed by atoms with E-state index < -0.39 is 0 Å². The Kier molecular flexibility index (Phi) is 2.99. The first kappa shape index (κ1) is 9.46. The second-order valence-electron chi connectivity index (χ2n) is 3.79. The summed E-state index contributed by atoms with van der Waals surface area (Å²) in [6, 6.07) is 4.76. The lowest BCUT2D eigenvalue weighted by Gasteiger charge is -2.33. The van der Waals surface area contributed by atoms with Crippen molar-refractivity contribution in [3.63, 3.8) is 0 Å². The second kappa shape index (κ2) is 4.42. The van der Waals surface area contributed by atoms with E-state index in [4.69, 9.17) is 0 Å². The van der Waals surface area contributed by atoms with Crippen molar-refractivity contribution in [1.29, 1.82) is 0 Å². The number of hydrogen-bond acceptors (Lipinski definition) is 3. The highest BCUT2D eigenvalue weighted by atomic mass is 15.2. The van der Waals surface area contributed by atoms with Gasteiger partial charge in [0.1, 0.15) is 0 Å². The number of nitrogens with one attached hydrogen (secondary N) is 1. The molecule has 0 aliphatic carbocycles. The number of likely N-dealkylation sites (N-methyl/N-ethyl adjacent to an activating group) is 1. The molecule has 14 heavy (non-hydrogen) atoms. The molecule has 1 aromatic heterocycles. The van der Waals surface area contributed by atoms with Crippen molar-refractivity contribution >= 4 is 5.69 Å². The second-order valence-corrected chi connectivity index (χ2v) is 3.79. The largest absolute Gasteiger partial charge is 0.369 e. The molecule has 1 fully saturated rings. The van der Waals surface area contributed by atoms with E-state index in [1.54, 1.807) is 0 Å². The molecule has 0 spiro atoms. The maximum absolute atomic E-state index is 4.15. The fourth-order valence-corrected chi connectivity index (χ4v) is 1.99. The minimum atomic E-state index is 0.629. The van der Waals surface area contributed by atoms with Gasteiger partial charge in [-0.2, -0.15) is 0 Å². The van der Waals surface area contributed by atoms with E-state index in [0.717, 1.165) is 13.1 Å². The summed E-state index contributed by atoms with van der Waals surface area (Å²) in [4.78, 5) is 6.55. The van der Waals surface area contributed by atoms with Gasteiger partial charge in [-0.1, -0.05) is 0 Å². The Bertz CT molecular complexity index is 273.